The summed E-state index contributed by atoms with van der Waals surface area (Å²) in [6.07, 6.45) is 3.93. The molecule has 0 aliphatic rings. The van der Waals surface area contributed by atoms with E-state index >= 15 is 0 Å². The molecule has 0 rings (SSSR count). The highest BCUT2D eigenvalue weighted by Crippen LogP contribution is 2.31. The van der Waals surface area contributed by atoms with E-state index in [1.807, 2.05) is 0 Å². The molecule has 0 bridgehead atoms. The minimum atomic E-state index is 0.483. The molecular formula is C13H29N. The summed E-state index contributed by atoms with van der Waals surface area (Å²) < 4.78 is 0. The molecule has 0 radical (unpaired) electrons. The summed E-state index contributed by atoms with van der Waals surface area (Å²) in [6.45, 7) is 15.0. The van der Waals surface area contributed by atoms with Crippen molar-refractivity contribution in [3.05, 3.63) is 0 Å². The molecule has 0 aromatic heterocycles. The van der Waals surface area contributed by atoms with E-state index in [1.165, 1.54) is 19.3 Å². The van der Waals surface area contributed by atoms with E-state index in [0.717, 1.165) is 12.5 Å². The Labute approximate surface area is 90.7 Å². The van der Waals surface area contributed by atoms with Gasteiger partial charge < -0.3 is 5.32 Å². The number of rotatable bonds is 7. The molecule has 0 aliphatic carbocycles. The fourth-order valence-corrected chi connectivity index (χ4v) is 2.42. The van der Waals surface area contributed by atoms with Crippen molar-refractivity contribution in [1.82, 2.24) is 5.32 Å². The van der Waals surface area contributed by atoms with Crippen LogP contribution in [0.1, 0.15) is 60.8 Å². The summed E-state index contributed by atoms with van der Waals surface area (Å²) in [5, 5.41) is 3.49. The zero-order chi connectivity index (χ0) is 11.2. The van der Waals surface area contributed by atoms with Crippen molar-refractivity contribution in [2.45, 2.75) is 66.8 Å². The molecule has 0 spiro atoms. The van der Waals surface area contributed by atoms with E-state index in [0.29, 0.717) is 11.5 Å². The largest absolute Gasteiger partial charge is 0.315 e. The van der Waals surface area contributed by atoms with Crippen LogP contribution in [0, 0.1) is 11.3 Å². The summed E-state index contributed by atoms with van der Waals surface area (Å²) >= 11 is 0. The zero-order valence-corrected chi connectivity index (χ0v) is 11.0. The van der Waals surface area contributed by atoms with E-state index in [9.17, 15) is 0 Å². The van der Waals surface area contributed by atoms with Crippen LogP contribution in [0.3, 0.4) is 0 Å². The molecule has 0 saturated carbocycles. The van der Waals surface area contributed by atoms with E-state index in [2.05, 4.69) is 46.9 Å². The van der Waals surface area contributed by atoms with Gasteiger partial charge in [0.1, 0.15) is 0 Å². The summed E-state index contributed by atoms with van der Waals surface area (Å²) in [7, 11) is 0. The maximum atomic E-state index is 3.49. The van der Waals surface area contributed by atoms with Crippen molar-refractivity contribution < 1.29 is 0 Å². The fraction of sp³-hybridized carbons (Fsp3) is 1.00. The van der Waals surface area contributed by atoms with Crippen LogP contribution in [-0.4, -0.2) is 12.6 Å². The monoisotopic (exact) mass is 199 g/mol. The van der Waals surface area contributed by atoms with Crippen LogP contribution < -0.4 is 5.32 Å². The molecule has 1 heteroatoms. The first-order valence-corrected chi connectivity index (χ1v) is 6.14. The molecule has 14 heavy (non-hydrogen) atoms. The molecule has 2 atom stereocenters. The van der Waals surface area contributed by atoms with E-state index in [1.54, 1.807) is 0 Å². The van der Waals surface area contributed by atoms with Gasteiger partial charge in [0.2, 0.25) is 0 Å². The number of nitrogens with one attached hydrogen (secondary N) is 1. The van der Waals surface area contributed by atoms with Gasteiger partial charge in [-0.25, -0.2) is 0 Å². The Morgan fingerprint density at radius 2 is 1.64 bits per heavy atom. The molecule has 1 nitrogen and oxygen atoms in total. The van der Waals surface area contributed by atoms with E-state index in [-0.39, 0.29) is 0 Å². The lowest BCUT2D eigenvalue weighted by Crippen LogP contribution is -2.31. The zero-order valence-electron chi connectivity index (χ0n) is 11.0. The molecule has 0 amide bonds. The van der Waals surface area contributed by atoms with Gasteiger partial charge in [0.25, 0.3) is 0 Å². The van der Waals surface area contributed by atoms with Gasteiger partial charge in [-0.2, -0.15) is 0 Å². The van der Waals surface area contributed by atoms with Crippen molar-refractivity contribution in [3.8, 4) is 0 Å². The first-order valence-electron chi connectivity index (χ1n) is 6.14. The molecule has 0 aromatic carbocycles. The lowest BCUT2D eigenvalue weighted by molar-refractivity contribution is 0.228. The maximum absolute atomic E-state index is 3.49. The second-order valence-electron chi connectivity index (χ2n) is 5.54. The predicted octanol–water partition coefficient (Wildman–Crippen LogP) is 3.84. The fourth-order valence-electron chi connectivity index (χ4n) is 2.42. The Bertz CT molecular complexity index is 140. The Morgan fingerprint density at radius 3 is 2.07 bits per heavy atom. The Balaban J connectivity index is 3.92. The molecular weight excluding hydrogens is 170 g/mol. The lowest BCUT2D eigenvalue weighted by Gasteiger charge is -2.30. The first kappa shape index (κ1) is 14.0. The van der Waals surface area contributed by atoms with Gasteiger partial charge in [-0.05, 0) is 37.6 Å². The molecule has 0 aromatic rings. The summed E-state index contributed by atoms with van der Waals surface area (Å²) in [6, 6.07) is 0.652. The standard InChI is InChI=1S/C13H29N/c1-7-11(3)9-13(5,6)10-12(4)14-8-2/h11-12,14H,7-10H2,1-6H3. The summed E-state index contributed by atoms with van der Waals surface area (Å²) in [5.41, 5.74) is 0.483. The summed E-state index contributed by atoms with van der Waals surface area (Å²) in [4.78, 5) is 0. The van der Waals surface area contributed by atoms with Gasteiger partial charge in [-0.3, -0.25) is 0 Å². The minimum absolute atomic E-state index is 0.483. The molecule has 0 heterocycles. The quantitative estimate of drug-likeness (QED) is 0.657. The molecule has 0 saturated heterocycles. The number of hydrogen-bond donors (Lipinski definition) is 1. The van der Waals surface area contributed by atoms with Crippen LogP contribution in [0.15, 0.2) is 0 Å². The van der Waals surface area contributed by atoms with Gasteiger partial charge in [0.15, 0.2) is 0 Å². The summed E-state index contributed by atoms with van der Waals surface area (Å²) in [5.74, 6) is 0.860. The van der Waals surface area contributed by atoms with Crippen molar-refractivity contribution in [1.29, 1.82) is 0 Å². The second kappa shape index (κ2) is 6.44. The minimum Gasteiger partial charge on any atom is -0.315 e. The first-order chi connectivity index (χ1) is 6.41. The molecule has 1 N–H and O–H groups in total. The van der Waals surface area contributed by atoms with Gasteiger partial charge >= 0.3 is 0 Å². The SMILES string of the molecule is CCNC(C)CC(C)(C)CC(C)CC. The highest BCUT2D eigenvalue weighted by atomic mass is 14.9. The van der Waals surface area contributed by atoms with Gasteiger partial charge in [-0.1, -0.05) is 41.0 Å². The van der Waals surface area contributed by atoms with Crippen molar-refractivity contribution in [2.24, 2.45) is 11.3 Å². The average molecular weight is 199 g/mol. The smallest absolute Gasteiger partial charge is 0.00436 e. The maximum Gasteiger partial charge on any atom is 0.00436 e. The van der Waals surface area contributed by atoms with Gasteiger partial charge in [0.05, 0.1) is 0 Å². The van der Waals surface area contributed by atoms with Gasteiger partial charge in [0, 0.05) is 6.04 Å². The molecule has 0 fully saturated rings. The van der Waals surface area contributed by atoms with Crippen LogP contribution in [0.2, 0.25) is 0 Å². The van der Waals surface area contributed by atoms with Crippen LogP contribution in [-0.2, 0) is 0 Å². The number of hydrogen-bond acceptors (Lipinski definition) is 1. The average Bonchev–Trinajstić information content (AvgIpc) is 2.02. The molecule has 2 unspecified atom stereocenters. The lowest BCUT2D eigenvalue weighted by atomic mass is 9.78. The van der Waals surface area contributed by atoms with Crippen molar-refractivity contribution in [2.75, 3.05) is 6.54 Å². The molecule has 0 aliphatic heterocycles. The van der Waals surface area contributed by atoms with E-state index in [4.69, 9.17) is 0 Å². The van der Waals surface area contributed by atoms with Crippen LogP contribution >= 0.6 is 0 Å². The predicted molar refractivity (Wildman–Crippen MR) is 65.6 cm³/mol. The van der Waals surface area contributed by atoms with E-state index < -0.39 is 0 Å². The normalized spacial score (nSPS) is 16.7. The van der Waals surface area contributed by atoms with Crippen molar-refractivity contribution >= 4 is 0 Å². The van der Waals surface area contributed by atoms with Gasteiger partial charge in [-0.15, -0.1) is 0 Å². The Morgan fingerprint density at radius 1 is 1.07 bits per heavy atom. The highest BCUT2D eigenvalue weighted by Gasteiger charge is 2.22. The van der Waals surface area contributed by atoms with Crippen LogP contribution in [0.25, 0.3) is 0 Å². The highest BCUT2D eigenvalue weighted by molar-refractivity contribution is 4.76. The van der Waals surface area contributed by atoms with Crippen LogP contribution in [0.4, 0.5) is 0 Å². The third-order valence-electron chi connectivity index (χ3n) is 3.01. The topological polar surface area (TPSA) is 12.0 Å². The second-order valence-corrected chi connectivity index (χ2v) is 5.54. The van der Waals surface area contributed by atoms with Crippen LogP contribution in [0.5, 0.6) is 0 Å². The third-order valence-corrected chi connectivity index (χ3v) is 3.01. The third kappa shape index (κ3) is 6.42. The Hall–Kier alpha value is -0.0400. The Kier molecular flexibility index (Phi) is 6.43. The van der Waals surface area contributed by atoms with Crippen molar-refractivity contribution in [3.63, 3.8) is 0 Å². The molecule has 86 valence electrons.